The highest BCUT2D eigenvalue weighted by molar-refractivity contribution is 8.00. The average molecular weight is 503 g/mol. The molecule has 0 bridgehead atoms. The quantitative estimate of drug-likeness (QED) is 0.428. The van der Waals surface area contributed by atoms with Crippen molar-refractivity contribution in [3.63, 3.8) is 0 Å². The second-order valence-corrected chi connectivity index (χ2v) is 13.6. The van der Waals surface area contributed by atoms with E-state index >= 15 is 0 Å². The summed E-state index contributed by atoms with van der Waals surface area (Å²) in [6, 6.07) is 21.1. The van der Waals surface area contributed by atoms with Crippen molar-refractivity contribution in [1.29, 1.82) is 0 Å². The number of fused-ring (bicyclic) bond motifs is 5. The molecule has 8 atom stereocenters. The zero-order valence-corrected chi connectivity index (χ0v) is 22.8. The number of rotatable bonds is 2. The lowest BCUT2D eigenvalue weighted by molar-refractivity contribution is -0.0976. The van der Waals surface area contributed by atoms with E-state index in [2.05, 4.69) is 83.9 Å². The van der Waals surface area contributed by atoms with Crippen LogP contribution in [-0.2, 0) is 4.74 Å². The van der Waals surface area contributed by atoms with Gasteiger partial charge in [-0.3, -0.25) is 0 Å². The summed E-state index contributed by atoms with van der Waals surface area (Å²) in [5.41, 5.74) is 5.60. The first-order valence-corrected chi connectivity index (χ1v) is 15.6. The van der Waals surface area contributed by atoms with E-state index in [4.69, 9.17) is 4.74 Å². The largest absolute Gasteiger partial charge is 0.369 e. The van der Waals surface area contributed by atoms with Crippen LogP contribution >= 0.6 is 11.8 Å². The van der Waals surface area contributed by atoms with E-state index in [0.29, 0.717) is 41.6 Å². The van der Waals surface area contributed by atoms with Crippen LogP contribution in [0.3, 0.4) is 0 Å². The summed E-state index contributed by atoms with van der Waals surface area (Å²) in [5.74, 6) is 0. The minimum absolute atomic E-state index is 0.324. The normalized spacial score (nSPS) is 37.9. The van der Waals surface area contributed by atoms with Crippen molar-refractivity contribution in [2.45, 2.75) is 125 Å². The van der Waals surface area contributed by atoms with Crippen LogP contribution in [-0.4, -0.2) is 46.9 Å². The van der Waals surface area contributed by atoms with Crippen molar-refractivity contribution < 1.29 is 4.74 Å². The van der Waals surface area contributed by atoms with Gasteiger partial charge in [-0.1, -0.05) is 61.1 Å². The Morgan fingerprint density at radius 1 is 0.611 bits per heavy atom. The highest BCUT2D eigenvalue weighted by atomic mass is 32.2. The van der Waals surface area contributed by atoms with Gasteiger partial charge in [0, 0.05) is 28.7 Å². The zero-order chi connectivity index (χ0) is 24.2. The van der Waals surface area contributed by atoms with Gasteiger partial charge in [0.15, 0.2) is 0 Å². The van der Waals surface area contributed by atoms with Crippen LogP contribution < -0.4 is 9.80 Å². The predicted octanol–water partition coefficient (Wildman–Crippen LogP) is 7.28. The Bertz CT molecular complexity index is 969. The molecule has 2 aliphatic heterocycles. The van der Waals surface area contributed by atoms with Crippen LogP contribution in [0.1, 0.15) is 75.3 Å². The maximum atomic E-state index is 7.23. The van der Waals surface area contributed by atoms with E-state index < -0.39 is 0 Å². The molecule has 5 fully saturated rings. The molecule has 7 rings (SSSR count). The zero-order valence-electron chi connectivity index (χ0n) is 22.0. The highest BCUT2D eigenvalue weighted by Gasteiger charge is 2.56. The molecule has 0 radical (unpaired) electrons. The maximum absolute atomic E-state index is 7.23. The van der Waals surface area contributed by atoms with E-state index in [1.807, 2.05) is 0 Å². The van der Waals surface area contributed by atoms with Gasteiger partial charge in [-0.25, -0.2) is 0 Å². The third-order valence-corrected chi connectivity index (χ3v) is 11.7. The highest BCUT2D eigenvalue weighted by Crippen LogP contribution is 2.52. The second kappa shape index (κ2) is 9.58. The maximum Gasteiger partial charge on any atom is 0.0921 e. The SMILES string of the molecule is Cc1ccc(N2C3CCCCC3OC3C4SC5CCCCC5N(c5ccc(C)cc5)C4CCC32)cc1. The van der Waals surface area contributed by atoms with Gasteiger partial charge in [-0.2, -0.15) is 0 Å². The predicted molar refractivity (Wildman–Crippen MR) is 152 cm³/mol. The van der Waals surface area contributed by atoms with Crippen LogP contribution in [0.25, 0.3) is 0 Å². The molecule has 36 heavy (non-hydrogen) atoms. The number of hydrogen-bond acceptors (Lipinski definition) is 4. The van der Waals surface area contributed by atoms with E-state index in [1.54, 1.807) is 0 Å². The van der Waals surface area contributed by atoms with Crippen LogP contribution in [0, 0.1) is 13.8 Å². The minimum atomic E-state index is 0.324. The van der Waals surface area contributed by atoms with Crippen molar-refractivity contribution in [2.75, 3.05) is 9.80 Å². The number of hydrogen-bond donors (Lipinski definition) is 0. The molecule has 0 amide bonds. The number of anilines is 2. The number of thioether (sulfide) groups is 1. The van der Waals surface area contributed by atoms with Crippen LogP contribution in [0.2, 0.25) is 0 Å². The third-order valence-electron chi connectivity index (χ3n) is 9.93. The first-order chi connectivity index (χ1) is 17.7. The summed E-state index contributed by atoms with van der Waals surface area (Å²) in [6.45, 7) is 4.42. The van der Waals surface area contributed by atoms with Crippen molar-refractivity contribution in [1.82, 2.24) is 0 Å². The Balaban J connectivity index is 1.26. The fourth-order valence-corrected chi connectivity index (χ4v) is 10.2. The first kappa shape index (κ1) is 23.5. The van der Waals surface area contributed by atoms with E-state index in [9.17, 15) is 0 Å². The lowest BCUT2D eigenvalue weighted by Crippen LogP contribution is -2.71. The molecule has 4 heteroatoms. The van der Waals surface area contributed by atoms with Gasteiger partial charge < -0.3 is 14.5 Å². The van der Waals surface area contributed by atoms with E-state index in [0.717, 1.165) is 5.25 Å². The van der Waals surface area contributed by atoms with Crippen molar-refractivity contribution in [3.05, 3.63) is 59.7 Å². The topological polar surface area (TPSA) is 15.7 Å². The van der Waals surface area contributed by atoms with Gasteiger partial charge in [-0.05, 0) is 76.6 Å². The van der Waals surface area contributed by atoms with Gasteiger partial charge in [0.1, 0.15) is 0 Å². The molecule has 3 aliphatic carbocycles. The summed E-state index contributed by atoms with van der Waals surface area (Å²) >= 11 is 2.33. The molecule has 2 aromatic carbocycles. The molecule has 2 saturated heterocycles. The molecule has 8 unspecified atom stereocenters. The van der Waals surface area contributed by atoms with Crippen LogP contribution in [0.5, 0.6) is 0 Å². The van der Waals surface area contributed by atoms with Gasteiger partial charge in [0.05, 0.1) is 29.5 Å². The van der Waals surface area contributed by atoms with E-state index in [1.165, 1.54) is 86.7 Å². The lowest BCUT2D eigenvalue weighted by atomic mass is 9.78. The van der Waals surface area contributed by atoms with Crippen molar-refractivity contribution >= 4 is 23.1 Å². The summed E-state index contributed by atoms with van der Waals surface area (Å²) in [6.07, 6.45) is 13.9. The summed E-state index contributed by atoms with van der Waals surface area (Å²) in [7, 11) is 0. The monoisotopic (exact) mass is 502 g/mol. The first-order valence-electron chi connectivity index (χ1n) is 14.7. The molecule has 192 valence electrons. The molecule has 2 heterocycles. The Kier molecular flexibility index (Phi) is 6.25. The standard InChI is InChI=1S/C32H42N2OS/c1-21-11-15-23(16-12-21)33-25-7-3-5-9-29(25)35-31-27(33)19-20-28-32(31)36-30-10-6-4-8-26(30)34(28)24-17-13-22(2)14-18-24/h11-18,25-32H,3-10,19-20H2,1-2H3. The molecule has 0 N–H and O–H groups in total. The Labute approximate surface area is 222 Å². The second-order valence-electron chi connectivity index (χ2n) is 12.2. The molecule has 2 aromatic rings. The van der Waals surface area contributed by atoms with Gasteiger partial charge in [0.25, 0.3) is 0 Å². The Morgan fingerprint density at radius 3 is 1.86 bits per heavy atom. The van der Waals surface area contributed by atoms with Crippen LogP contribution in [0.15, 0.2) is 48.5 Å². The molecule has 3 saturated carbocycles. The minimum Gasteiger partial charge on any atom is -0.369 e. The number of morpholine rings is 1. The summed E-state index contributed by atoms with van der Waals surface area (Å²) in [4.78, 5) is 5.75. The number of ether oxygens (including phenoxy) is 1. The van der Waals surface area contributed by atoms with Crippen molar-refractivity contribution in [2.24, 2.45) is 0 Å². The fourth-order valence-electron chi connectivity index (χ4n) is 8.24. The Hall–Kier alpha value is -1.65. The van der Waals surface area contributed by atoms with Crippen LogP contribution in [0.4, 0.5) is 11.4 Å². The number of benzene rings is 2. The molecule has 3 nitrogen and oxygen atoms in total. The number of aryl methyl sites for hydroxylation is 2. The molecular formula is C32H42N2OS. The van der Waals surface area contributed by atoms with Gasteiger partial charge in [0.2, 0.25) is 0 Å². The summed E-state index contributed by atoms with van der Waals surface area (Å²) < 4.78 is 7.23. The Morgan fingerprint density at radius 2 is 1.17 bits per heavy atom. The van der Waals surface area contributed by atoms with Gasteiger partial charge >= 0.3 is 0 Å². The fraction of sp³-hybridized carbons (Fsp3) is 0.625. The molecule has 0 spiro atoms. The van der Waals surface area contributed by atoms with Crippen molar-refractivity contribution in [3.8, 4) is 0 Å². The third kappa shape index (κ3) is 3.98. The lowest BCUT2D eigenvalue weighted by Gasteiger charge is -2.62. The summed E-state index contributed by atoms with van der Waals surface area (Å²) in [5, 5.41) is 1.29. The smallest absolute Gasteiger partial charge is 0.0921 e. The molecule has 5 aliphatic rings. The molecular weight excluding hydrogens is 460 g/mol. The van der Waals surface area contributed by atoms with E-state index in [-0.39, 0.29) is 0 Å². The van der Waals surface area contributed by atoms with Gasteiger partial charge in [-0.15, -0.1) is 11.8 Å². The molecule has 0 aromatic heterocycles. The number of nitrogens with zero attached hydrogens (tertiary/aromatic N) is 2. The average Bonchev–Trinajstić information content (AvgIpc) is 2.92.